The third kappa shape index (κ3) is 7.50. The van der Waals surface area contributed by atoms with E-state index in [1.165, 1.54) is 0 Å². The van der Waals surface area contributed by atoms with Gasteiger partial charge in [0.05, 0.1) is 37.6 Å². The summed E-state index contributed by atoms with van der Waals surface area (Å²) in [6, 6.07) is 0. The van der Waals surface area contributed by atoms with Gasteiger partial charge < -0.3 is 70.0 Å². The van der Waals surface area contributed by atoms with Crippen molar-refractivity contribution >= 4 is 0 Å². The van der Waals surface area contributed by atoms with E-state index in [2.05, 4.69) is 34.6 Å². The summed E-state index contributed by atoms with van der Waals surface area (Å²) in [6.45, 7) is 9.71. The van der Waals surface area contributed by atoms with Crippen molar-refractivity contribution in [2.75, 3.05) is 13.2 Å². The van der Waals surface area contributed by atoms with Gasteiger partial charge in [0.2, 0.25) is 0 Å². The van der Waals surface area contributed by atoms with Gasteiger partial charge in [-0.15, -0.1) is 0 Å². The van der Waals surface area contributed by atoms with Gasteiger partial charge in [0.15, 0.2) is 12.6 Å². The molecule has 0 amide bonds. The van der Waals surface area contributed by atoms with Crippen LogP contribution in [-0.4, -0.2) is 150 Å². The first-order chi connectivity index (χ1) is 25.0. The molecule has 4 aliphatic carbocycles. The molecule has 2 saturated heterocycles. The molecule has 0 unspecified atom stereocenters. The van der Waals surface area contributed by atoms with Crippen LogP contribution in [0.1, 0.15) is 92.4 Å². The van der Waals surface area contributed by atoms with Gasteiger partial charge in [-0.05, 0) is 104 Å². The molecule has 6 aliphatic rings. The summed E-state index contributed by atoms with van der Waals surface area (Å²) < 4.78 is 24.9. The highest BCUT2D eigenvalue weighted by Crippen LogP contribution is 2.69. The van der Waals surface area contributed by atoms with Crippen LogP contribution in [0.3, 0.4) is 0 Å². The summed E-state index contributed by atoms with van der Waals surface area (Å²) in [4.78, 5) is 0. The molecule has 0 aromatic rings. The highest BCUT2D eigenvalue weighted by Gasteiger charge is 2.66. The van der Waals surface area contributed by atoms with Gasteiger partial charge in [0.1, 0.15) is 48.8 Å². The fourth-order valence-corrected chi connectivity index (χ4v) is 12.3. The standard InChI is InChI=1S/C39H68O14/c1-17(2)6-9-24(43)18(3)29-25(50-36-34(48)32(46)30(44)26(15-40)51-36)14-23-21-8-7-19-12-20(42)13-28(39(19,5)22(21)10-11-38(23,29)4)53-37-35(49)33(47)31(45)27(16-41)52-37/h17-37,40-49H,6-16H2,1-5H3/t18-,19+,20-,21-,22+,23+,24+,25+,26-,27-,28-,29+,30-,31-,32+,33+,34-,35-,36-,37+,38+,39+/m1/s1. The van der Waals surface area contributed by atoms with Crippen LogP contribution >= 0.6 is 0 Å². The second kappa shape index (κ2) is 16.4. The van der Waals surface area contributed by atoms with E-state index in [9.17, 15) is 51.1 Å². The molecule has 53 heavy (non-hydrogen) atoms. The highest BCUT2D eigenvalue weighted by atomic mass is 16.7. The van der Waals surface area contributed by atoms with Crippen LogP contribution in [0.15, 0.2) is 0 Å². The van der Waals surface area contributed by atoms with E-state index >= 15 is 0 Å². The number of ether oxygens (including phenoxy) is 4. The Morgan fingerprint density at radius 2 is 1.26 bits per heavy atom. The highest BCUT2D eigenvalue weighted by molar-refractivity contribution is 5.14. The number of hydrogen-bond donors (Lipinski definition) is 10. The molecule has 0 aromatic heterocycles. The van der Waals surface area contributed by atoms with Crippen molar-refractivity contribution in [2.24, 2.45) is 52.3 Å². The zero-order valence-corrected chi connectivity index (χ0v) is 32.0. The quantitative estimate of drug-likeness (QED) is 0.134. The average molecular weight is 761 g/mol. The fraction of sp³-hybridized carbons (Fsp3) is 1.00. The number of rotatable bonds is 11. The van der Waals surface area contributed by atoms with Crippen LogP contribution in [-0.2, 0) is 18.9 Å². The summed E-state index contributed by atoms with van der Waals surface area (Å²) >= 11 is 0. The second-order valence-electron chi connectivity index (χ2n) is 18.5. The first kappa shape index (κ1) is 42.1. The Kier molecular flexibility index (Phi) is 13.0. The van der Waals surface area contributed by atoms with Gasteiger partial charge >= 0.3 is 0 Å². The van der Waals surface area contributed by atoms with Crippen LogP contribution in [0.25, 0.3) is 0 Å². The first-order valence-corrected chi connectivity index (χ1v) is 20.3. The average Bonchev–Trinajstić information content (AvgIpc) is 3.42. The Morgan fingerprint density at radius 1 is 0.679 bits per heavy atom. The van der Waals surface area contributed by atoms with E-state index in [4.69, 9.17) is 18.9 Å². The molecule has 308 valence electrons. The van der Waals surface area contributed by atoms with Gasteiger partial charge in [-0.25, -0.2) is 0 Å². The van der Waals surface area contributed by atoms with Crippen molar-refractivity contribution in [3.8, 4) is 0 Å². The first-order valence-electron chi connectivity index (χ1n) is 20.3. The van der Waals surface area contributed by atoms with Crippen molar-refractivity contribution in [1.82, 2.24) is 0 Å². The van der Waals surface area contributed by atoms with Gasteiger partial charge in [0, 0.05) is 6.42 Å². The number of aliphatic hydroxyl groups is 10. The maximum atomic E-state index is 11.6. The van der Waals surface area contributed by atoms with Crippen molar-refractivity contribution in [1.29, 1.82) is 0 Å². The van der Waals surface area contributed by atoms with Crippen LogP contribution in [0.5, 0.6) is 0 Å². The Balaban J connectivity index is 1.30. The molecule has 4 saturated carbocycles. The van der Waals surface area contributed by atoms with E-state index in [1.807, 2.05) is 0 Å². The lowest BCUT2D eigenvalue weighted by Crippen LogP contribution is -2.64. The predicted molar refractivity (Wildman–Crippen MR) is 189 cm³/mol. The Morgan fingerprint density at radius 3 is 1.83 bits per heavy atom. The summed E-state index contributed by atoms with van der Waals surface area (Å²) in [5.74, 6) is 0.715. The predicted octanol–water partition coefficient (Wildman–Crippen LogP) is 0.0294. The van der Waals surface area contributed by atoms with Crippen LogP contribution in [0, 0.1) is 52.3 Å². The molecule has 14 nitrogen and oxygen atoms in total. The van der Waals surface area contributed by atoms with Crippen LogP contribution in [0.4, 0.5) is 0 Å². The molecular weight excluding hydrogens is 692 g/mol. The Labute approximate surface area is 313 Å². The SMILES string of the molecule is CC(C)CC[C@H](O)[C@@H](C)[C@H]1[C@@H](O[C@@H]2O[C@H](CO)[C@@H](O)[C@H](O)[C@H]2O)C[C@H]2[C@@H]3CC[C@H]4C[C@@H](O)C[C@@H](O[C@@H]5O[C@H](CO)[C@@H](O)[C@H](O)[C@H]5O)[C@]4(C)[C@H]3CC[C@]12C. The van der Waals surface area contributed by atoms with Crippen molar-refractivity contribution in [2.45, 2.75) is 178 Å². The van der Waals surface area contributed by atoms with E-state index in [1.54, 1.807) is 0 Å². The molecule has 0 aromatic carbocycles. The smallest absolute Gasteiger partial charge is 0.186 e. The molecule has 14 heteroatoms. The Hall–Kier alpha value is -0.560. The second-order valence-corrected chi connectivity index (χ2v) is 18.5. The molecule has 0 bridgehead atoms. The lowest BCUT2D eigenvalue weighted by atomic mass is 9.43. The van der Waals surface area contributed by atoms with Gasteiger partial charge in [-0.3, -0.25) is 0 Å². The molecule has 0 spiro atoms. The molecule has 6 rings (SSSR count). The molecule has 2 aliphatic heterocycles. The summed E-state index contributed by atoms with van der Waals surface area (Å²) in [6.07, 6.45) is -9.89. The molecule has 22 atom stereocenters. The maximum Gasteiger partial charge on any atom is 0.186 e. The molecule has 10 N–H and O–H groups in total. The minimum atomic E-state index is -1.58. The third-order valence-electron chi connectivity index (χ3n) is 15.3. The zero-order chi connectivity index (χ0) is 38.7. The maximum absolute atomic E-state index is 11.6. The Bertz CT molecular complexity index is 1210. The number of aliphatic hydroxyl groups excluding tert-OH is 10. The number of hydrogen-bond acceptors (Lipinski definition) is 14. The summed E-state index contributed by atoms with van der Waals surface area (Å²) in [7, 11) is 0. The van der Waals surface area contributed by atoms with E-state index in [0.29, 0.717) is 31.6 Å². The van der Waals surface area contributed by atoms with Crippen LogP contribution in [0.2, 0.25) is 0 Å². The van der Waals surface area contributed by atoms with Crippen molar-refractivity contribution in [3.05, 3.63) is 0 Å². The molecule has 0 radical (unpaired) electrons. The van der Waals surface area contributed by atoms with E-state index in [0.717, 1.165) is 32.1 Å². The van der Waals surface area contributed by atoms with Crippen molar-refractivity contribution in [3.63, 3.8) is 0 Å². The summed E-state index contributed by atoms with van der Waals surface area (Å²) in [5, 5.41) is 106. The minimum Gasteiger partial charge on any atom is -0.394 e. The largest absolute Gasteiger partial charge is 0.394 e. The molecule has 2 heterocycles. The normalized spacial score (nSPS) is 52.8. The molecular formula is C39H68O14. The summed E-state index contributed by atoms with van der Waals surface area (Å²) in [5.41, 5.74) is -0.723. The van der Waals surface area contributed by atoms with Gasteiger partial charge in [-0.1, -0.05) is 34.6 Å². The lowest BCUT2D eigenvalue weighted by Gasteiger charge is -2.63. The van der Waals surface area contributed by atoms with E-state index < -0.39 is 104 Å². The lowest BCUT2D eigenvalue weighted by molar-refractivity contribution is -0.333. The topological polar surface area (TPSA) is 239 Å². The van der Waals surface area contributed by atoms with Crippen molar-refractivity contribution < 1.29 is 70.0 Å². The minimum absolute atomic E-state index is 0.113. The van der Waals surface area contributed by atoms with Gasteiger partial charge in [-0.2, -0.15) is 0 Å². The fourth-order valence-electron chi connectivity index (χ4n) is 12.3. The monoisotopic (exact) mass is 760 g/mol. The van der Waals surface area contributed by atoms with Gasteiger partial charge in [0.25, 0.3) is 0 Å². The van der Waals surface area contributed by atoms with Crippen LogP contribution < -0.4 is 0 Å². The number of fused-ring (bicyclic) bond motifs is 5. The molecule has 6 fully saturated rings. The third-order valence-corrected chi connectivity index (χ3v) is 15.3. The zero-order valence-electron chi connectivity index (χ0n) is 32.0. The van der Waals surface area contributed by atoms with E-state index in [-0.39, 0.29) is 40.9 Å².